The van der Waals surface area contributed by atoms with Crippen molar-refractivity contribution < 1.29 is 0 Å². The summed E-state index contributed by atoms with van der Waals surface area (Å²) in [7, 11) is 0. The fourth-order valence-electron chi connectivity index (χ4n) is 1.96. The average Bonchev–Trinajstić information content (AvgIpc) is 2.77. The number of hydrogen-bond acceptors (Lipinski definition) is 2. The zero-order valence-electron chi connectivity index (χ0n) is 10.7. The van der Waals surface area contributed by atoms with E-state index in [-0.39, 0.29) is 6.04 Å². The molecule has 0 radical (unpaired) electrons. The van der Waals surface area contributed by atoms with Crippen molar-refractivity contribution in [1.29, 1.82) is 0 Å². The van der Waals surface area contributed by atoms with Crippen molar-refractivity contribution >= 4 is 11.6 Å². The maximum atomic E-state index is 6.33. The van der Waals surface area contributed by atoms with Gasteiger partial charge in [0.1, 0.15) is 5.82 Å². The zero-order chi connectivity index (χ0) is 13.1. The van der Waals surface area contributed by atoms with E-state index >= 15 is 0 Å². The maximum absolute atomic E-state index is 6.33. The van der Waals surface area contributed by atoms with Crippen LogP contribution in [0.2, 0.25) is 5.02 Å². The van der Waals surface area contributed by atoms with E-state index in [0.29, 0.717) is 5.02 Å². The third kappa shape index (κ3) is 2.57. The molecule has 0 fully saturated rings. The van der Waals surface area contributed by atoms with Crippen molar-refractivity contribution in [2.24, 2.45) is 5.73 Å². The molecule has 2 N–H and O–H groups in total. The Hall–Kier alpha value is -1.32. The summed E-state index contributed by atoms with van der Waals surface area (Å²) in [6, 6.07) is 5.94. The molecular weight excluding hydrogens is 246 g/mol. The summed E-state index contributed by atoms with van der Waals surface area (Å²) in [6.07, 6.45) is 5.75. The Kier molecular flexibility index (Phi) is 4.04. The second-order valence-corrected chi connectivity index (χ2v) is 4.87. The molecule has 1 atom stereocenters. The molecule has 1 aromatic carbocycles. The van der Waals surface area contributed by atoms with Gasteiger partial charge in [-0.2, -0.15) is 0 Å². The van der Waals surface area contributed by atoms with Gasteiger partial charge in [-0.15, -0.1) is 0 Å². The molecule has 0 aliphatic rings. The third-order valence-electron chi connectivity index (χ3n) is 2.95. The van der Waals surface area contributed by atoms with Crippen molar-refractivity contribution in [3.8, 4) is 5.69 Å². The van der Waals surface area contributed by atoms with E-state index in [9.17, 15) is 0 Å². The van der Waals surface area contributed by atoms with E-state index in [4.69, 9.17) is 17.3 Å². The van der Waals surface area contributed by atoms with E-state index in [2.05, 4.69) is 11.9 Å². The Bertz CT molecular complexity index is 532. The molecule has 1 aromatic heterocycles. The smallest absolute Gasteiger partial charge is 0.113 e. The lowest BCUT2D eigenvalue weighted by Crippen LogP contribution is -2.06. The van der Waals surface area contributed by atoms with Crippen molar-refractivity contribution in [2.75, 3.05) is 0 Å². The van der Waals surface area contributed by atoms with Gasteiger partial charge in [0.15, 0.2) is 0 Å². The molecule has 0 aliphatic heterocycles. The number of rotatable bonds is 4. The highest BCUT2D eigenvalue weighted by molar-refractivity contribution is 6.32. The van der Waals surface area contributed by atoms with E-state index in [0.717, 1.165) is 29.9 Å². The summed E-state index contributed by atoms with van der Waals surface area (Å²) in [4.78, 5) is 4.36. The van der Waals surface area contributed by atoms with Gasteiger partial charge in [0.2, 0.25) is 0 Å². The lowest BCUT2D eigenvalue weighted by atomic mass is 10.1. The Morgan fingerprint density at radius 3 is 2.83 bits per heavy atom. The van der Waals surface area contributed by atoms with Gasteiger partial charge in [-0.05, 0) is 31.0 Å². The first-order valence-corrected chi connectivity index (χ1v) is 6.59. The number of nitrogens with two attached hydrogens (primary N) is 1. The maximum Gasteiger partial charge on any atom is 0.113 e. The van der Waals surface area contributed by atoms with Crippen molar-refractivity contribution in [1.82, 2.24) is 9.55 Å². The molecule has 4 heteroatoms. The second-order valence-electron chi connectivity index (χ2n) is 4.46. The van der Waals surface area contributed by atoms with Gasteiger partial charge in [0, 0.05) is 24.9 Å². The molecule has 0 spiro atoms. The molecule has 0 aliphatic carbocycles. The van der Waals surface area contributed by atoms with Crippen LogP contribution in [0.1, 0.15) is 37.7 Å². The first kappa shape index (κ1) is 13.1. The fourth-order valence-corrected chi connectivity index (χ4v) is 2.24. The van der Waals surface area contributed by atoms with Crippen LogP contribution >= 0.6 is 11.6 Å². The Labute approximate surface area is 113 Å². The molecule has 0 amide bonds. The largest absolute Gasteiger partial charge is 0.324 e. The molecular formula is C14H18ClN3. The summed E-state index contributed by atoms with van der Waals surface area (Å²) in [5.74, 6) is 1.04. The quantitative estimate of drug-likeness (QED) is 0.918. The van der Waals surface area contributed by atoms with Gasteiger partial charge < -0.3 is 10.3 Å². The number of aromatic nitrogens is 2. The summed E-state index contributed by atoms with van der Waals surface area (Å²) in [5.41, 5.74) is 7.85. The lowest BCUT2D eigenvalue weighted by molar-refractivity contribution is 0.803. The second kappa shape index (κ2) is 5.55. The van der Waals surface area contributed by atoms with E-state index in [1.165, 1.54) is 0 Å². The van der Waals surface area contributed by atoms with Crippen LogP contribution in [0, 0.1) is 0 Å². The van der Waals surface area contributed by atoms with E-state index < -0.39 is 0 Å². The Morgan fingerprint density at radius 1 is 1.44 bits per heavy atom. The van der Waals surface area contributed by atoms with E-state index in [1.807, 2.05) is 35.9 Å². The molecule has 18 heavy (non-hydrogen) atoms. The standard InChI is InChI=1S/C14H18ClN3/c1-3-4-14-17-7-8-18(14)13-6-5-11(10(2)16)9-12(13)15/h5-10H,3-4,16H2,1-2H3/t10-/m0/s1. The molecule has 2 aromatic rings. The van der Waals surface area contributed by atoms with Gasteiger partial charge in [-0.25, -0.2) is 4.98 Å². The van der Waals surface area contributed by atoms with Crippen LogP contribution in [0.3, 0.4) is 0 Å². The number of hydrogen-bond donors (Lipinski definition) is 1. The monoisotopic (exact) mass is 263 g/mol. The van der Waals surface area contributed by atoms with Crippen molar-refractivity contribution in [2.45, 2.75) is 32.7 Å². The van der Waals surface area contributed by atoms with Gasteiger partial charge >= 0.3 is 0 Å². The number of halogens is 1. The number of imidazole rings is 1. The predicted octanol–water partition coefficient (Wildman–Crippen LogP) is 3.50. The van der Waals surface area contributed by atoms with Crippen molar-refractivity contribution in [3.63, 3.8) is 0 Å². The molecule has 0 saturated heterocycles. The molecule has 0 bridgehead atoms. The van der Waals surface area contributed by atoms with Gasteiger partial charge in [0.25, 0.3) is 0 Å². The lowest BCUT2D eigenvalue weighted by Gasteiger charge is -2.12. The first-order valence-electron chi connectivity index (χ1n) is 6.21. The summed E-state index contributed by atoms with van der Waals surface area (Å²) >= 11 is 6.33. The van der Waals surface area contributed by atoms with Crippen LogP contribution in [-0.4, -0.2) is 9.55 Å². The van der Waals surface area contributed by atoms with Crippen LogP contribution in [0.15, 0.2) is 30.6 Å². The topological polar surface area (TPSA) is 43.8 Å². The summed E-state index contributed by atoms with van der Waals surface area (Å²) in [5, 5.41) is 0.708. The van der Waals surface area contributed by atoms with Crippen molar-refractivity contribution in [3.05, 3.63) is 47.0 Å². The number of benzene rings is 1. The number of aryl methyl sites for hydroxylation is 1. The molecule has 0 saturated carbocycles. The SMILES string of the molecule is CCCc1nccn1-c1ccc([C@H](C)N)cc1Cl. The fraction of sp³-hybridized carbons (Fsp3) is 0.357. The highest BCUT2D eigenvalue weighted by Gasteiger charge is 2.09. The Morgan fingerprint density at radius 2 is 2.22 bits per heavy atom. The van der Waals surface area contributed by atoms with Crippen LogP contribution in [0.4, 0.5) is 0 Å². The van der Waals surface area contributed by atoms with Crippen LogP contribution < -0.4 is 5.73 Å². The first-order chi connectivity index (χ1) is 8.63. The normalized spacial score (nSPS) is 12.7. The predicted molar refractivity (Wildman–Crippen MR) is 75.2 cm³/mol. The van der Waals surface area contributed by atoms with Crippen LogP contribution in [0.25, 0.3) is 5.69 Å². The minimum atomic E-state index is -0.00514. The molecule has 1 heterocycles. The highest BCUT2D eigenvalue weighted by Crippen LogP contribution is 2.25. The van der Waals surface area contributed by atoms with Crippen LogP contribution in [0.5, 0.6) is 0 Å². The molecule has 3 nitrogen and oxygen atoms in total. The van der Waals surface area contributed by atoms with Gasteiger partial charge in [-0.3, -0.25) is 0 Å². The summed E-state index contributed by atoms with van der Waals surface area (Å²) in [6.45, 7) is 4.09. The minimum absolute atomic E-state index is 0.00514. The average molecular weight is 264 g/mol. The minimum Gasteiger partial charge on any atom is -0.324 e. The highest BCUT2D eigenvalue weighted by atomic mass is 35.5. The zero-order valence-corrected chi connectivity index (χ0v) is 11.5. The molecule has 96 valence electrons. The third-order valence-corrected chi connectivity index (χ3v) is 3.25. The molecule has 2 rings (SSSR count). The molecule has 0 unspecified atom stereocenters. The number of nitrogens with zero attached hydrogens (tertiary/aromatic N) is 2. The van der Waals surface area contributed by atoms with Crippen LogP contribution in [-0.2, 0) is 6.42 Å². The Balaban J connectivity index is 2.41. The van der Waals surface area contributed by atoms with Gasteiger partial charge in [-0.1, -0.05) is 24.6 Å². The van der Waals surface area contributed by atoms with Gasteiger partial charge in [0.05, 0.1) is 10.7 Å². The summed E-state index contributed by atoms with van der Waals surface area (Å²) < 4.78 is 2.04. The van der Waals surface area contributed by atoms with E-state index in [1.54, 1.807) is 6.20 Å².